The highest BCUT2D eigenvalue weighted by atomic mass is 32.1. The van der Waals surface area contributed by atoms with Crippen LogP contribution in [0, 0.1) is 0 Å². The van der Waals surface area contributed by atoms with E-state index in [1.54, 1.807) is 0 Å². The zero-order chi connectivity index (χ0) is 13.3. The molecule has 2 atom stereocenters. The number of carbonyl (C=O) groups is 2. The molecule has 0 saturated heterocycles. The second-order valence-corrected chi connectivity index (χ2v) is 4.16. The molecule has 3 N–H and O–H groups in total. The smallest absolute Gasteiger partial charge is 0.243 e. The van der Waals surface area contributed by atoms with Gasteiger partial charge in [-0.25, -0.2) is 0 Å². The number of thiol groups is 2. The van der Waals surface area contributed by atoms with Gasteiger partial charge in [0.25, 0.3) is 0 Å². The first-order valence-electron chi connectivity index (χ1n) is 5.63. The van der Waals surface area contributed by atoms with Gasteiger partial charge in [-0.3, -0.25) is 9.59 Å². The highest BCUT2D eigenvalue weighted by Crippen LogP contribution is 1.93. The highest BCUT2D eigenvalue weighted by molar-refractivity contribution is 7.80. The Morgan fingerprint density at radius 1 is 1.00 bits per heavy atom. The average Bonchev–Trinajstić information content (AvgIpc) is 2.32. The van der Waals surface area contributed by atoms with Crippen molar-refractivity contribution in [3.63, 3.8) is 0 Å². The number of nitrogens with one attached hydrogen (secondary N) is 3. The molecule has 7 heteroatoms. The maximum atomic E-state index is 11.8. The summed E-state index contributed by atoms with van der Waals surface area (Å²) in [6.07, 6.45) is 0. The molecule has 5 nitrogen and oxygen atoms in total. The molecule has 0 aromatic rings. The second kappa shape index (κ2) is 9.61. The van der Waals surface area contributed by atoms with Gasteiger partial charge in [-0.2, -0.15) is 25.3 Å². The molecule has 100 valence electrons. The van der Waals surface area contributed by atoms with Crippen LogP contribution in [0.1, 0.15) is 13.8 Å². The molecule has 0 fully saturated rings. The minimum Gasteiger partial charge on any atom is -0.355 e. The van der Waals surface area contributed by atoms with Crippen molar-refractivity contribution in [2.24, 2.45) is 0 Å². The Morgan fingerprint density at radius 3 is 2.00 bits per heavy atom. The van der Waals surface area contributed by atoms with Crippen molar-refractivity contribution in [2.75, 3.05) is 24.6 Å². The minimum atomic E-state index is -0.605. The third-order valence-corrected chi connectivity index (χ3v) is 2.85. The Kier molecular flexibility index (Phi) is 9.39. The lowest BCUT2D eigenvalue weighted by atomic mass is 10.2. The topological polar surface area (TPSA) is 70.2 Å². The van der Waals surface area contributed by atoms with Crippen LogP contribution in [0.5, 0.6) is 0 Å². The zero-order valence-electron chi connectivity index (χ0n) is 10.2. The van der Waals surface area contributed by atoms with Gasteiger partial charge in [-0.1, -0.05) is 6.92 Å². The fraction of sp³-hybridized carbons (Fsp3) is 0.800. The van der Waals surface area contributed by atoms with E-state index in [-0.39, 0.29) is 23.6 Å². The Hall–Kier alpha value is -0.400. The van der Waals surface area contributed by atoms with E-state index < -0.39 is 6.04 Å². The van der Waals surface area contributed by atoms with E-state index in [4.69, 9.17) is 0 Å². The van der Waals surface area contributed by atoms with Crippen LogP contribution in [0.25, 0.3) is 0 Å². The second-order valence-electron chi connectivity index (χ2n) is 3.43. The largest absolute Gasteiger partial charge is 0.355 e. The van der Waals surface area contributed by atoms with Crippen LogP contribution < -0.4 is 16.0 Å². The highest BCUT2D eigenvalue weighted by Gasteiger charge is 2.22. The van der Waals surface area contributed by atoms with Gasteiger partial charge in [-0.15, -0.1) is 0 Å². The van der Waals surface area contributed by atoms with Crippen LogP contribution in [0.2, 0.25) is 0 Å². The van der Waals surface area contributed by atoms with E-state index in [0.717, 1.165) is 0 Å². The van der Waals surface area contributed by atoms with E-state index in [1.165, 1.54) is 0 Å². The molecule has 0 unspecified atom stereocenters. The molecule has 0 aliphatic rings. The maximum Gasteiger partial charge on any atom is 0.243 e. The van der Waals surface area contributed by atoms with Crippen molar-refractivity contribution >= 4 is 37.1 Å². The number of amides is 2. The molecule has 0 spiro atoms. The summed E-state index contributed by atoms with van der Waals surface area (Å²) in [6, 6.07) is -0.994. The SMILES string of the molecule is CCNC(=O)[C@@H](CS)NC(=O)[C@@H](CS)NCC. The normalized spacial score (nSPS) is 13.9. The molecular formula is C10H21N3O2S2. The molecule has 0 bridgehead atoms. The lowest BCUT2D eigenvalue weighted by Gasteiger charge is -2.20. The molecule has 0 aromatic heterocycles. The molecule has 0 aromatic carbocycles. The Bertz CT molecular complexity index is 252. The van der Waals surface area contributed by atoms with E-state index >= 15 is 0 Å². The van der Waals surface area contributed by atoms with Crippen LogP contribution >= 0.6 is 25.3 Å². The molecule has 0 heterocycles. The number of hydrogen-bond donors (Lipinski definition) is 5. The summed E-state index contributed by atoms with van der Waals surface area (Å²) in [5, 5.41) is 8.28. The van der Waals surface area contributed by atoms with Gasteiger partial charge in [0.05, 0.1) is 6.04 Å². The summed E-state index contributed by atoms with van der Waals surface area (Å²) >= 11 is 8.15. The van der Waals surface area contributed by atoms with Crippen LogP contribution in [0.15, 0.2) is 0 Å². The summed E-state index contributed by atoms with van der Waals surface area (Å²) < 4.78 is 0. The molecule has 0 aliphatic heterocycles. The monoisotopic (exact) mass is 279 g/mol. The van der Waals surface area contributed by atoms with Crippen molar-refractivity contribution in [2.45, 2.75) is 25.9 Å². The molecule has 0 saturated carbocycles. The van der Waals surface area contributed by atoms with Crippen molar-refractivity contribution in [1.29, 1.82) is 0 Å². The quantitative estimate of drug-likeness (QED) is 0.387. The van der Waals surface area contributed by atoms with E-state index in [9.17, 15) is 9.59 Å². The molecule has 2 amide bonds. The molecular weight excluding hydrogens is 258 g/mol. The summed E-state index contributed by atoms with van der Waals surface area (Å²) in [7, 11) is 0. The van der Waals surface area contributed by atoms with Crippen LogP contribution in [-0.4, -0.2) is 48.5 Å². The zero-order valence-corrected chi connectivity index (χ0v) is 12.0. The molecule has 0 aliphatic carbocycles. The Morgan fingerprint density at radius 2 is 1.59 bits per heavy atom. The third-order valence-electron chi connectivity index (χ3n) is 2.12. The summed E-state index contributed by atoms with van der Waals surface area (Å²) in [4.78, 5) is 23.4. The first-order valence-corrected chi connectivity index (χ1v) is 6.90. The first-order chi connectivity index (χ1) is 8.10. The summed E-state index contributed by atoms with van der Waals surface area (Å²) in [5.74, 6) is 0.203. The van der Waals surface area contributed by atoms with Crippen molar-refractivity contribution in [3.8, 4) is 0 Å². The van der Waals surface area contributed by atoms with Gasteiger partial charge in [0.15, 0.2) is 0 Å². The summed E-state index contributed by atoms with van der Waals surface area (Å²) in [6.45, 7) is 4.93. The third kappa shape index (κ3) is 6.18. The fourth-order valence-corrected chi connectivity index (χ4v) is 1.80. The number of carbonyl (C=O) groups excluding carboxylic acids is 2. The van der Waals surface area contributed by atoms with Crippen molar-refractivity contribution in [1.82, 2.24) is 16.0 Å². The van der Waals surface area contributed by atoms with E-state index in [2.05, 4.69) is 41.2 Å². The number of hydrogen-bond acceptors (Lipinski definition) is 5. The Labute approximate surface area is 113 Å². The lowest BCUT2D eigenvalue weighted by Crippen LogP contribution is -2.54. The van der Waals surface area contributed by atoms with Crippen molar-refractivity contribution < 1.29 is 9.59 Å². The van der Waals surface area contributed by atoms with E-state index in [1.807, 2.05) is 13.8 Å². The molecule has 0 radical (unpaired) electrons. The molecule has 17 heavy (non-hydrogen) atoms. The maximum absolute atomic E-state index is 11.8. The molecule has 0 rings (SSSR count). The average molecular weight is 279 g/mol. The fourth-order valence-electron chi connectivity index (χ4n) is 1.25. The van der Waals surface area contributed by atoms with Crippen LogP contribution in [0.4, 0.5) is 0 Å². The first kappa shape index (κ1) is 16.6. The summed E-state index contributed by atoms with van der Waals surface area (Å²) in [5.41, 5.74) is 0. The van der Waals surface area contributed by atoms with Gasteiger partial charge in [-0.05, 0) is 13.5 Å². The van der Waals surface area contributed by atoms with Gasteiger partial charge in [0.1, 0.15) is 6.04 Å². The van der Waals surface area contributed by atoms with Gasteiger partial charge < -0.3 is 16.0 Å². The van der Waals surface area contributed by atoms with Crippen LogP contribution in [-0.2, 0) is 9.59 Å². The standard InChI is InChI=1S/C10H21N3O2S2/c1-3-11-7(5-16)10(15)13-8(6-17)9(14)12-4-2/h7-8,11,16-17H,3-6H2,1-2H3,(H,12,14)(H,13,15)/t7-,8-/m1/s1. The number of likely N-dealkylation sites (N-methyl/N-ethyl adjacent to an activating group) is 2. The minimum absolute atomic E-state index is 0.217. The van der Waals surface area contributed by atoms with Gasteiger partial charge in [0.2, 0.25) is 11.8 Å². The van der Waals surface area contributed by atoms with Crippen LogP contribution in [0.3, 0.4) is 0 Å². The van der Waals surface area contributed by atoms with E-state index in [0.29, 0.717) is 18.8 Å². The van der Waals surface area contributed by atoms with Gasteiger partial charge in [0, 0.05) is 18.1 Å². The lowest BCUT2D eigenvalue weighted by molar-refractivity contribution is -0.129. The van der Waals surface area contributed by atoms with Gasteiger partial charge >= 0.3 is 0 Å². The predicted molar refractivity (Wildman–Crippen MR) is 75.8 cm³/mol. The van der Waals surface area contributed by atoms with Crippen molar-refractivity contribution in [3.05, 3.63) is 0 Å². The predicted octanol–water partition coefficient (Wildman–Crippen LogP) is -0.555. The Balaban J connectivity index is 4.35. The number of rotatable bonds is 8.